The van der Waals surface area contributed by atoms with Crippen molar-refractivity contribution in [2.75, 3.05) is 5.73 Å². The molecule has 2 aromatic carbocycles. The lowest BCUT2D eigenvalue weighted by Gasteiger charge is -2.29. The number of pyridine rings is 1. The number of carbonyl (C=O) groups excluding carboxylic acids is 2. The highest BCUT2D eigenvalue weighted by molar-refractivity contribution is 6.11. The van der Waals surface area contributed by atoms with Gasteiger partial charge in [0.2, 0.25) is 5.91 Å². The number of imidazole rings is 1. The van der Waals surface area contributed by atoms with Gasteiger partial charge >= 0.3 is 0 Å². The fourth-order valence-corrected chi connectivity index (χ4v) is 4.79. The van der Waals surface area contributed by atoms with Crippen LogP contribution < -0.4 is 11.5 Å². The summed E-state index contributed by atoms with van der Waals surface area (Å²) in [6, 6.07) is 17.0. The van der Waals surface area contributed by atoms with Crippen molar-refractivity contribution < 1.29 is 9.59 Å². The molecule has 1 amide bonds. The molecule has 1 atom stereocenters. The van der Waals surface area contributed by atoms with Gasteiger partial charge in [-0.1, -0.05) is 73.2 Å². The summed E-state index contributed by atoms with van der Waals surface area (Å²) in [6.45, 7) is 0.732. The van der Waals surface area contributed by atoms with Crippen molar-refractivity contribution in [1.82, 2.24) is 14.5 Å². The average molecular weight is 466 g/mol. The molecule has 0 spiro atoms. The zero-order valence-electron chi connectivity index (χ0n) is 19.4. The van der Waals surface area contributed by atoms with Gasteiger partial charge in [-0.3, -0.25) is 9.59 Å². The van der Waals surface area contributed by atoms with Crippen LogP contribution in [0.25, 0.3) is 21.9 Å². The van der Waals surface area contributed by atoms with Crippen LogP contribution in [-0.4, -0.2) is 26.2 Å². The normalized spacial score (nSPS) is 17.5. The summed E-state index contributed by atoms with van der Waals surface area (Å²) in [4.78, 5) is 34.1. The standard InChI is InChI=1S/C28H27N5O2/c29-26-23-24(21-10-4-5-11-22(21)32-26)33(18-31-23)17-7-6-14-28(27(30)35)15-12-20(13-16-28)25(34)19-8-2-1-3-9-19/h1-5,8-13,15,18H,6-7,14,16-17H2,(H2,29,32)(H2,30,35). The van der Waals surface area contributed by atoms with Crippen LogP contribution in [-0.2, 0) is 11.3 Å². The van der Waals surface area contributed by atoms with E-state index >= 15 is 0 Å². The SMILES string of the molecule is NC(=O)C1(CCCCn2cnc3c(N)nc4ccccc4c32)C=CC(C(=O)c2ccccc2)=CC1. The molecule has 1 aliphatic rings. The third-order valence-corrected chi connectivity index (χ3v) is 6.81. The summed E-state index contributed by atoms with van der Waals surface area (Å²) in [6.07, 6.45) is 9.86. The van der Waals surface area contributed by atoms with Crippen molar-refractivity contribution in [3.05, 3.63) is 90.3 Å². The summed E-state index contributed by atoms with van der Waals surface area (Å²) in [5.41, 5.74) is 14.9. The Morgan fingerprint density at radius 2 is 1.80 bits per heavy atom. The highest BCUT2D eigenvalue weighted by Gasteiger charge is 2.34. The van der Waals surface area contributed by atoms with E-state index in [1.54, 1.807) is 24.5 Å². The fraction of sp³-hybridized carbons (Fsp3) is 0.214. The molecular weight excluding hydrogens is 438 g/mol. The van der Waals surface area contributed by atoms with E-state index in [4.69, 9.17) is 11.5 Å². The minimum atomic E-state index is -0.779. The number of nitrogens with two attached hydrogens (primary N) is 2. The first-order valence-corrected chi connectivity index (χ1v) is 11.8. The maximum Gasteiger partial charge on any atom is 0.227 e. The number of unbranched alkanes of at least 4 members (excludes halogenated alkanes) is 1. The maximum absolute atomic E-state index is 12.7. The highest BCUT2D eigenvalue weighted by Crippen LogP contribution is 2.36. The Morgan fingerprint density at radius 3 is 2.54 bits per heavy atom. The second kappa shape index (κ2) is 9.18. The Labute approximate surface area is 203 Å². The zero-order valence-corrected chi connectivity index (χ0v) is 19.4. The molecule has 0 saturated heterocycles. The molecular formula is C28H27N5O2. The number of ketones is 1. The molecule has 0 bridgehead atoms. The van der Waals surface area contributed by atoms with E-state index in [0.29, 0.717) is 35.3 Å². The van der Waals surface area contributed by atoms with Crippen LogP contribution in [0.15, 0.2) is 84.7 Å². The zero-order chi connectivity index (χ0) is 24.4. The number of allylic oxidation sites excluding steroid dienone is 3. The van der Waals surface area contributed by atoms with E-state index in [0.717, 1.165) is 35.8 Å². The van der Waals surface area contributed by atoms with Crippen molar-refractivity contribution in [2.45, 2.75) is 32.2 Å². The Balaban J connectivity index is 1.27. The van der Waals surface area contributed by atoms with Gasteiger partial charge in [-0.2, -0.15) is 0 Å². The second-order valence-electron chi connectivity index (χ2n) is 9.02. The number of benzene rings is 2. The van der Waals surface area contributed by atoms with E-state index < -0.39 is 5.41 Å². The minimum Gasteiger partial charge on any atom is -0.382 e. The number of aryl methyl sites for hydroxylation is 1. The van der Waals surface area contributed by atoms with Gasteiger partial charge < -0.3 is 16.0 Å². The predicted molar refractivity (Wildman–Crippen MR) is 138 cm³/mol. The lowest BCUT2D eigenvalue weighted by Crippen LogP contribution is -2.36. The Bertz CT molecular complexity index is 1490. The number of aromatic nitrogens is 3. The van der Waals surface area contributed by atoms with Crippen LogP contribution in [0.5, 0.6) is 0 Å². The lowest BCUT2D eigenvalue weighted by atomic mass is 9.75. The summed E-state index contributed by atoms with van der Waals surface area (Å²) >= 11 is 0. The molecule has 0 fully saturated rings. The van der Waals surface area contributed by atoms with Gasteiger partial charge in [0.05, 0.1) is 22.8 Å². The van der Waals surface area contributed by atoms with Gasteiger partial charge in [0.25, 0.3) is 0 Å². The predicted octanol–water partition coefficient (Wildman–Crippen LogP) is 4.58. The van der Waals surface area contributed by atoms with Gasteiger partial charge in [-0.25, -0.2) is 9.97 Å². The van der Waals surface area contributed by atoms with Crippen LogP contribution in [0, 0.1) is 5.41 Å². The Morgan fingerprint density at radius 1 is 1.03 bits per heavy atom. The minimum absolute atomic E-state index is 0.0482. The summed E-state index contributed by atoms with van der Waals surface area (Å²) in [7, 11) is 0. The third-order valence-electron chi connectivity index (χ3n) is 6.81. The van der Waals surface area contributed by atoms with Crippen molar-refractivity contribution in [3.63, 3.8) is 0 Å². The number of para-hydroxylation sites is 1. The van der Waals surface area contributed by atoms with E-state index in [1.165, 1.54) is 0 Å². The smallest absolute Gasteiger partial charge is 0.227 e. The number of primary amides is 1. The van der Waals surface area contributed by atoms with Crippen LogP contribution >= 0.6 is 0 Å². The molecule has 1 aliphatic carbocycles. The van der Waals surface area contributed by atoms with Gasteiger partial charge in [0.15, 0.2) is 11.6 Å². The molecule has 0 aliphatic heterocycles. The number of rotatable bonds is 8. The Kier molecular flexibility index (Phi) is 5.91. The number of nitrogens with zero attached hydrogens (tertiary/aromatic N) is 3. The molecule has 176 valence electrons. The molecule has 4 N–H and O–H groups in total. The number of amides is 1. The number of hydrogen-bond donors (Lipinski definition) is 2. The second-order valence-corrected chi connectivity index (χ2v) is 9.02. The van der Waals surface area contributed by atoms with Gasteiger partial charge in [0, 0.05) is 23.1 Å². The summed E-state index contributed by atoms with van der Waals surface area (Å²) in [5, 5.41) is 1.01. The molecule has 7 nitrogen and oxygen atoms in total. The number of fused-ring (bicyclic) bond motifs is 3. The van der Waals surface area contributed by atoms with Crippen molar-refractivity contribution >= 4 is 39.4 Å². The largest absolute Gasteiger partial charge is 0.382 e. The number of hydrogen-bond acceptors (Lipinski definition) is 5. The number of anilines is 1. The average Bonchev–Trinajstić information content (AvgIpc) is 3.32. The Hall–Kier alpha value is -4.26. The number of Topliss-reactive ketones (excluding diaryl/α,β-unsaturated/α-hetero) is 1. The van der Waals surface area contributed by atoms with Gasteiger partial charge in [-0.15, -0.1) is 0 Å². The maximum atomic E-state index is 12.7. The fourth-order valence-electron chi connectivity index (χ4n) is 4.79. The third kappa shape index (κ3) is 4.21. The van der Waals surface area contributed by atoms with Crippen LogP contribution in [0.3, 0.4) is 0 Å². The summed E-state index contributed by atoms with van der Waals surface area (Å²) < 4.78 is 2.10. The molecule has 4 aromatic rings. The quantitative estimate of drug-likeness (QED) is 0.292. The lowest BCUT2D eigenvalue weighted by molar-refractivity contribution is -0.125. The molecule has 7 heteroatoms. The van der Waals surface area contributed by atoms with E-state index in [1.807, 2.05) is 54.6 Å². The highest BCUT2D eigenvalue weighted by atomic mass is 16.1. The van der Waals surface area contributed by atoms with E-state index in [-0.39, 0.29) is 11.7 Å². The van der Waals surface area contributed by atoms with Crippen LogP contribution in [0.1, 0.15) is 36.0 Å². The van der Waals surface area contributed by atoms with E-state index in [2.05, 4.69) is 14.5 Å². The first-order chi connectivity index (χ1) is 17.0. The van der Waals surface area contributed by atoms with Crippen LogP contribution in [0.4, 0.5) is 5.82 Å². The first-order valence-electron chi connectivity index (χ1n) is 11.8. The molecule has 2 aromatic heterocycles. The van der Waals surface area contributed by atoms with Crippen molar-refractivity contribution in [1.29, 1.82) is 0 Å². The first kappa shape index (κ1) is 22.5. The monoisotopic (exact) mass is 465 g/mol. The number of nitrogen functional groups attached to an aromatic ring is 1. The van der Waals surface area contributed by atoms with Crippen molar-refractivity contribution in [3.8, 4) is 0 Å². The van der Waals surface area contributed by atoms with Crippen molar-refractivity contribution in [2.24, 2.45) is 11.1 Å². The molecule has 1 unspecified atom stereocenters. The van der Waals surface area contributed by atoms with Gasteiger partial charge in [0.1, 0.15) is 5.52 Å². The van der Waals surface area contributed by atoms with Crippen LogP contribution in [0.2, 0.25) is 0 Å². The number of carbonyl (C=O) groups is 2. The van der Waals surface area contributed by atoms with Gasteiger partial charge in [-0.05, 0) is 25.3 Å². The molecule has 5 rings (SSSR count). The topological polar surface area (TPSA) is 117 Å². The van der Waals surface area contributed by atoms with E-state index in [9.17, 15) is 9.59 Å². The molecule has 0 radical (unpaired) electrons. The molecule has 2 heterocycles. The molecule has 0 saturated carbocycles. The summed E-state index contributed by atoms with van der Waals surface area (Å²) in [5.74, 6) is 0.00661. The molecule has 35 heavy (non-hydrogen) atoms.